The lowest BCUT2D eigenvalue weighted by atomic mass is 10.3. The number of ether oxygens (including phenoxy) is 1. The Hall–Kier alpha value is -1.92. The molecule has 0 saturated heterocycles. The lowest BCUT2D eigenvalue weighted by molar-refractivity contribution is 0.415. The van der Waals surface area contributed by atoms with Gasteiger partial charge in [0.25, 0.3) is 10.0 Å². The van der Waals surface area contributed by atoms with Gasteiger partial charge >= 0.3 is 0 Å². The second kappa shape index (κ2) is 5.83. The molecule has 0 heterocycles. The van der Waals surface area contributed by atoms with E-state index in [4.69, 9.17) is 22.1 Å². The lowest BCUT2D eigenvalue weighted by Gasteiger charge is -2.21. The minimum absolute atomic E-state index is 0.0275. The summed E-state index contributed by atoms with van der Waals surface area (Å²) in [4.78, 5) is -0.0275. The van der Waals surface area contributed by atoms with Crippen LogP contribution >= 0.6 is 11.6 Å². The van der Waals surface area contributed by atoms with Gasteiger partial charge in [-0.1, -0.05) is 17.7 Å². The molecule has 2 aromatic carbocycles. The van der Waals surface area contributed by atoms with E-state index in [0.717, 1.165) is 4.31 Å². The summed E-state index contributed by atoms with van der Waals surface area (Å²) >= 11 is 5.86. The van der Waals surface area contributed by atoms with Crippen molar-refractivity contribution in [2.75, 3.05) is 24.2 Å². The second-order valence-electron chi connectivity index (χ2n) is 4.36. The smallest absolute Gasteiger partial charge is 0.266 e. The zero-order valence-corrected chi connectivity index (χ0v) is 13.1. The van der Waals surface area contributed by atoms with Crippen LogP contribution in [0.5, 0.6) is 5.75 Å². The third kappa shape index (κ3) is 3.06. The molecule has 0 spiro atoms. The molecule has 5 nitrogen and oxygen atoms in total. The van der Waals surface area contributed by atoms with Crippen molar-refractivity contribution < 1.29 is 13.2 Å². The molecule has 2 aromatic rings. The Morgan fingerprint density at radius 2 is 1.90 bits per heavy atom. The van der Waals surface area contributed by atoms with Gasteiger partial charge in [-0.05, 0) is 30.3 Å². The van der Waals surface area contributed by atoms with Crippen molar-refractivity contribution in [1.29, 1.82) is 0 Å². The highest BCUT2D eigenvalue weighted by atomic mass is 35.5. The van der Waals surface area contributed by atoms with Crippen LogP contribution in [0, 0.1) is 0 Å². The van der Waals surface area contributed by atoms with Gasteiger partial charge in [0.2, 0.25) is 0 Å². The van der Waals surface area contributed by atoms with Crippen LogP contribution in [0.25, 0.3) is 0 Å². The van der Waals surface area contributed by atoms with E-state index in [2.05, 4.69) is 0 Å². The molecule has 0 bridgehead atoms. The number of sulfonamides is 1. The van der Waals surface area contributed by atoms with Crippen LogP contribution in [0.15, 0.2) is 47.4 Å². The first-order chi connectivity index (χ1) is 9.86. The standard InChI is InChI=1S/C14H15ClN2O3S/c1-17(11-4-3-5-12(9-11)20-2)21(18,19)14-8-10(15)6-7-13(14)16/h3-9H,16H2,1-2H3. The van der Waals surface area contributed by atoms with Crippen molar-refractivity contribution in [2.24, 2.45) is 0 Å². The maximum Gasteiger partial charge on any atom is 0.266 e. The zero-order chi connectivity index (χ0) is 15.6. The van der Waals surface area contributed by atoms with Crippen LogP contribution in [0.4, 0.5) is 11.4 Å². The molecule has 7 heteroatoms. The van der Waals surface area contributed by atoms with Gasteiger partial charge in [-0.25, -0.2) is 8.42 Å². The largest absolute Gasteiger partial charge is 0.497 e. The monoisotopic (exact) mass is 326 g/mol. The molecule has 0 radical (unpaired) electrons. The van der Waals surface area contributed by atoms with Gasteiger partial charge in [0.05, 0.1) is 18.5 Å². The number of nitrogens with zero attached hydrogens (tertiary/aromatic N) is 1. The van der Waals surface area contributed by atoms with Gasteiger partial charge in [-0.15, -0.1) is 0 Å². The molecule has 0 unspecified atom stereocenters. The van der Waals surface area contributed by atoms with Crippen LogP contribution in [0.3, 0.4) is 0 Å². The molecule has 112 valence electrons. The number of nitrogens with two attached hydrogens (primary N) is 1. The van der Waals surface area contributed by atoms with E-state index < -0.39 is 10.0 Å². The van der Waals surface area contributed by atoms with Crippen LogP contribution in [-0.4, -0.2) is 22.6 Å². The Morgan fingerprint density at radius 3 is 2.57 bits per heavy atom. The Balaban J connectivity index is 2.49. The molecule has 0 saturated carbocycles. The van der Waals surface area contributed by atoms with E-state index in [-0.39, 0.29) is 10.6 Å². The predicted molar refractivity (Wildman–Crippen MR) is 84.4 cm³/mol. The molecule has 0 aromatic heterocycles. The zero-order valence-electron chi connectivity index (χ0n) is 11.6. The van der Waals surface area contributed by atoms with Crippen LogP contribution in [0.1, 0.15) is 0 Å². The van der Waals surface area contributed by atoms with E-state index >= 15 is 0 Å². The summed E-state index contributed by atoms with van der Waals surface area (Å²) in [6, 6.07) is 11.1. The van der Waals surface area contributed by atoms with E-state index in [1.54, 1.807) is 30.3 Å². The highest BCUT2D eigenvalue weighted by Gasteiger charge is 2.24. The maximum atomic E-state index is 12.7. The summed E-state index contributed by atoms with van der Waals surface area (Å²) in [5.41, 5.74) is 6.37. The van der Waals surface area contributed by atoms with Gasteiger partial charge in [0.1, 0.15) is 10.6 Å². The number of nitrogen functional groups attached to an aromatic ring is 1. The summed E-state index contributed by atoms with van der Waals surface area (Å²) in [6.07, 6.45) is 0. The minimum Gasteiger partial charge on any atom is -0.497 e. The van der Waals surface area contributed by atoms with Crippen LogP contribution in [0.2, 0.25) is 5.02 Å². The van der Waals surface area contributed by atoms with Gasteiger partial charge < -0.3 is 10.5 Å². The Kier molecular flexibility index (Phi) is 4.29. The molecule has 2 rings (SSSR count). The number of hydrogen-bond acceptors (Lipinski definition) is 4. The number of hydrogen-bond donors (Lipinski definition) is 1. The fraction of sp³-hybridized carbons (Fsp3) is 0.143. The van der Waals surface area contributed by atoms with Crippen molar-refractivity contribution in [3.8, 4) is 5.75 Å². The molecular weight excluding hydrogens is 312 g/mol. The summed E-state index contributed by atoms with van der Waals surface area (Å²) in [5.74, 6) is 0.564. The van der Waals surface area contributed by atoms with Gasteiger partial charge in [0.15, 0.2) is 0 Å². The van der Waals surface area contributed by atoms with Crippen molar-refractivity contribution in [1.82, 2.24) is 0 Å². The SMILES string of the molecule is COc1cccc(N(C)S(=O)(=O)c2cc(Cl)ccc2N)c1. The quantitative estimate of drug-likeness (QED) is 0.877. The topological polar surface area (TPSA) is 72.6 Å². The first-order valence-corrected chi connectivity index (χ1v) is 7.86. The van der Waals surface area contributed by atoms with Crippen molar-refractivity contribution in [3.63, 3.8) is 0 Å². The van der Waals surface area contributed by atoms with Gasteiger partial charge in [-0.3, -0.25) is 4.31 Å². The Bertz CT molecular complexity index is 763. The average Bonchev–Trinajstić information content (AvgIpc) is 2.48. The van der Waals surface area contributed by atoms with E-state index in [1.165, 1.54) is 26.3 Å². The number of methoxy groups -OCH3 is 1. The summed E-state index contributed by atoms with van der Waals surface area (Å²) in [6.45, 7) is 0. The first-order valence-electron chi connectivity index (χ1n) is 6.04. The molecule has 0 amide bonds. The van der Waals surface area contributed by atoms with Crippen molar-refractivity contribution in [2.45, 2.75) is 4.90 Å². The fourth-order valence-electron chi connectivity index (χ4n) is 1.82. The van der Waals surface area contributed by atoms with E-state index in [9.17, 15) is 8.42 Å². The molecule has 0 aliphatic carbocycles. The number of benzene rings is 2. The average molecular weight is 327 g/mol. The molecule has 0 fully saturated rings. The van der Waals surface area contributed by atoms with Crippen LogP contribution < -0.4 is 14.8 Å². The van der Waals surface area contributed by atoms with E-state index in [1.807, 2.05) is 0 Å². The molecule has 0 atom stereocenters. The van der Waals surface area contributed by atoms with Crippen molar-refractivity contribution in [3.05, 3.63) is 47.5 Å². The van der Waals surface area contributed by atoms with Crippen molar-refractivity contribution >= 4 is 33.0 Å². The third-order valence-corrected chi connectivity index (χ3v) is 5.11. The lowest BCUT2D eigenvalue weighted by Crippen LogP contribution is -2.27. The summed E-state index contributed by atoms with van der Waals surface area (Å²) < 4.78 is 31.5. The number of halogens is 1. The fourth-order valence-corrected chi connectivity index (χ4v) is 3.39. The summed E-state index contributed by atoms with van der Waals surface area (Å²) in [5, 5.41) is 0.307. The third-order valence-electron chi connectivity index (χ3n) is 3.03. The molecule has 21 heavy (non-hydrogen) atoms. The number of anilines is 2. The molecular formula is C14H15ClN2O3S. The second-order valence-corrected chi connectivity index (χ2v) is 6.73. The highest BCUT2D eigenvalue weighted by molar-refractivity contribution is 7.93. The normalized spacial score (nSPS) is 11.2. The highest BCUT2D eigenvalue weighted by Crippen LogP contribution is 2.29. The minimum atomic E-state index is -3.80. The summed E-state index contributed by atoms with van der Waals surface area (Å²) in [7, 11) is -0.837. The number of rotatable bonds is 4. The molecule has 0 aliphatic heterocycles. The maximum absolute atomic E-state index is 12.7. The Morgan fingerprint density at radius 1 is 1.19 bits per heavy atom. The molecule has 0 aliphatic rings. The van der Waals surface area contributed by atoms with Crippen LogP contribution in [-0.2, 0) is 10.0 Å². The van der Waals surface area contributed by atoms with E-state index in [0.29, 0.717) is 16.5 Å². The molecule has 2 N–H and O–H groups in total. The van der Waals surface area contributed by atoms with Gasteiger partial charge in [0, 0.05) is 18.1 Å². The first kappa shape index (κ1) is 15.5. The predicted octanol–water partition coefficient (Wildman–Crippen LogP) is 2.76. The van der Waals surface area contributed by atoms with Gasteiger partial charge in [-0.2, -0.15) is 0 Å². The Labute approximate surface area is 128 Å².